The summed E-state index contributed by atoms with van der Waals surface area (Å²) in [4.78, 5) is 11.0. The molecule has 2 nitrogen and oxygen atoms in total. The van der Waals surface area contributed by atoms with E-state index in [0.29, 0.717) is 13.0 Å². The lowest BCUT2D eigenvalue weighted by atomic mass is 10.0. The van der Waals surface area contributed by atoms with Crippen molar-refractivity contribution in [3.8, 4) is 0 Å². The Morgan fingerprint density at radius 1 is 1.19 bits per heavy atom. The molecule has 0 saturated carbocycles. The molecule has 0 aliphatic carbocycles. The highest BCUT2D eigenvalue weighted by atomic mass is 35.5. The molecule has 0 aliphatic rings. The Hall–Kier alpha value is -1.02. The Labute approximate surface area is 134 Å². The second-order valence-corrected chi connectivity index (χ2v) is 6.06. The fraction of sp³-hybridized carbons (Fsp3) is 0.611. The van der Waals surface area contributed by atoms with Crippen molar-refractivity contribution in [2.24, 2.45) is 0 Å². The molecule has 0 N–H and O–H groups in total. The number of ether oxygens (including phenoxy) is 1. The third kappa shape index (κ3) is 11.3. The van der Waals surface area contributed by atoms with Crippen LogP contribution in [0.1, 0.15) is 59.8 Å². The summed E-state index contributed by atoms with van der Waals surface area (Å²) in [6.07, 6.45) is 8.63. The molecule has 21 heavy (non-hydrogen) atoms. The van der Waals surface area contributed by atoms with Crippen LogP contribution in [-0.4, -0.2) is 18.0 Å². The molecule has 1 atom stereocenters. The van der Waals surface area contributed by atoms with Gasteiger partial charge in [0.2, 0.25) is 0 Å². The van der Waals surface area contributed by atoms with Gasteiger partial charge in [-0.3, -0.25) is 4.79 Å². The van der Waals surface area contributed by atoms with Gasteiger partial charge in [0.05, 0.1) is 5.38 Å². The molecule has 0 radical (unpaired) electrons. The van der Waals surface area contributed by atoms with Gasteiger partial charge in [0.25, 0.3) is 0 Å². The SMILES string of the molecule is C=C(C)C(Cl)CC/C(C)=C/CC/C(C)=C/COC(=O)CC. The summed E-state index contributed by atoms with van der Waals surface area (Å²) in [5.74, 6) is -0.150. The van der Waals surface area contributed by atoms with Crippen molar-refractivity contribution < 1.29 is 9.53 Å². The van der Waals surface area contributed by atoms with Gasteiger partial charge in [0.1, 0.15) is 6.61 Å². The molecule has 0 aromatic heterocycles. The number of esters is 1. The highest BCUT2D eigenvalue weighted by Gasteiger charge is 2.04. The van der Waals surface area contributed by atoms with Crippen molar-refractivity contribution >= 4 is 17.6 Å². The van der Waals surface area contributed by atoms with Crippen LogP contribution in [0.15, 0.2) is 35.5 Å². The third-order valence-corrected chi connectivity index (χ3v) is 3.91. The first-order valence-corrected chi connectivity index (χ1v) is 8.06. The monoisotopic (exact) mass is 312 g/mol. The fourth-order valence-electron chi connectivity index (χ4n) is 1.73. The molecule has 0 bridgehead atoms. The van der Waals surface area contributed by atoms with E-state index in [1.54, 1.807) is 6.92 Å². The summed E-state index contributed by atoms with van der Waals surface area (Å²) in [5, 5.41) is 0.0724. The number of rotatable bonds is 10. The van der Waals surface area contributed by atoms with E-state index in [2.05, 4.69) is 26.5 Å². The number of carbonyl (C=O) groups excluding carboxylic acids is 1. The minimum atomic E-state index is -0.150. The van der Waals surface area contributed by atoms with Gasteiger partial charge < -0.3 is 4.74 Å². The van der Waals surface area contributed by atoms with Gasteiger partial charge in [-0.2, -0.15) is 0 Å². The highest BCUT2D eigenvalue weighted by molar-refractivity contribution is 6.22. The van der Waals surface area contributed by atoms with Crippen molar-refractivity contribution in [2.45, 2.75) is 65.2 Å². The highest BCUT2D eigenvalue weighted by Crippen LogP contribution is 2.17. The summed E-state index contributed by atoms with van der Waals surface area (Å²) in [5.41, 5.74) is 3.65. The predicted molar refractivity (Wildman–Crippen MR) is 91.7 cm³/mol. The third-order valence-electron chi connectivity index (χ3n) is 3.32. The second-order valence-electron chi connectivity index (χ2n) is 5.53. The molecule has 0 saturated heterocycles. The van der Waals surface area contributed by atoms with Gasteiger partial charge in [-0.15, -0.1) is 11.6 Å². The van der Waals surface area contributed by atoms with Crippen LogP contribution in [0, 0.1) is 0 Å². The summed E-state index contributed by atoms with van der Waals surface area (Å²) in [6.45, 7) is 12.2. The van der Waals surface area contributed by atoms with E-state index in [9.17, 15) is 4.79 Å². The zero-order chi connectivity index (χ0) is 16.3. The van der Waals surface area contributed by atoms with E-state index in [1.807, 2.05) is 13.0 Å². The van der Waals surface area contributed by atoms with Crippen LogP contribution in [0.2, 0.25) is 0 Å². The lowest BCUT2D eigenvalue weighted by Crippen LogP contribution is -2.02. The van der Waals surface area contributed by atoms with Gasteiger partial charge in [0.15, 0.2) is 0 Å². The Bertz CT molecular complexity index is 394. The van der Waals surface area contributed by atoms with Gasteiger partial charge in [0, 0.05) is 6.42 Å². The number of halogens is 1. The maximum atomic E-state index is 11.0. The van der Waals surface area contributed by atoms with E-state index in [0.717, 1.165) is 31.3 Å². The quantitative estimate of drug-likeness (QED) is 0.299. The van der Waals surface area contributed by atoms with Gasteiger partial charge in [-0.1, -0.05) is 36.3 Å². The molecule has 1 unspecified atom stereocenters. The number of hydrogen-bond donors (Lipinski definition) is 0. The van der Waals surface area contributed by atoms with Gasteiger partial charge in [-0.05, 0) is 52.5 Å². The van der Waals surface area contributed by atoms with E-state index in [4.69, 9.17) is 16.3 Å². The summed E-state index contributed by atoms with van der Waals surface area (Å²) >= 11 is 6.16. The minimum Gasteiger partial charge on any atom is -0.461 e. The Kier molecular flexibility index (Phi) is 11.1. The first kappa shape index (κ1) is 20.0. The smallest absolute Gasteiger partial charge is 0.305 e. The van der Waals surface area contributed by atoms with E-state index >= 15 is 0 Å². The molecule has 0 aromatic rings. The summed E-state index contributed by atoms with van der Waals surface area (Å²) in [6, 6.07) is 0. The molecule has 0 heterocycles. The Morgan fingerprint density at radius 3 is 2.38 bits per heavy atom. The molecule has 120 valence electrons. The van der Waals surface area contributed by atoms with Crippen molar-refractivity contribution in [3.63, 3.8) is 0 Å². The normalized spacial score (nSPS) is 14.0. The summed E-state index contributed by atoms with van der Waals surface area (Å²) < 4.78 is 5.02. The average molecular weight is 313 g/mol. The van der Waals surface area contributed by atoms with Crippen LogP contribution < -0.4 is 0 Å². The van der Waals surface area contributed by atoms with Crippen LogP contribution in [-0.2, 0) is 9.53 Å². The standard InChI is InChI=1S/C18H29ClO2/c1-6-18(20)21-13-12-16(5)9-7-8-15(4)10-11-17(19)14(2)3/h8,12,17H,2,6-7,9-11,13H2,1,3-5H3/b15-8+,16-12+. The van der Waals surface area contributed by atoms with Crippen LogP contribution in [0.25, 0.3) is 0 Å². The topological polar surface area (TPSA) is 26.3 Å². The van der Waals surface area contributed by atoms with Gasteiger partial charge in [-0.25, -0.2) is 0 Å². The number of alkyl halides is 1. The van der Waals surface area contributed by atoms with Crippen LogP contribution in [0.3, 0.4) is 0 Å². The molecule has 0 spiro atoms. The van der Waals surface area contributed by atoms with E-state index in [1.165, 1.54) is 11.1 Å². The first-order valence-electron chi connectivity index (χ1n) is 7.63. The predicted octanol–water partition coefficient (Wildman–Crippen LogP) is 5.58. The molecular formula is C18H29ClO2. The van der Waals surface area contributed by atoms with E-state index in [-0.39, 0.29) is 11.3 Å². The maximum absolute atomic E-state index is 11.0. The lowest BCUT2D eigenvalue weighted by Gasteiger charge is -2.08. The molecule has 0 rings (SSSR count). The largest absolute Gasteiger partial charge is 0.461 e. The Balaban J connectivity index is 3.93. The first-order chi connectivity index (χ1) is 9.86. The maximum Gasteiger partial charge on any atom is 0.305 e. The van der Waals surface area contributed by atoms with Crippen LogP contribution in [0.5, 0.6) is 0 Å². The van der Waals surface area contributed by atoms with Gasteiger partial charge >= 0.3 is 5.97 Å². The number of hydrogen-bond acceptors (Lipinski definition) is 2. The molecule has 0 amide bonds. The zero-order valence-corrected chi connectivity index (χ0v) is 14.6. The van der Waals surface area contributed by atoms with Crippen LogP contribution >= 0.6 is 11.6 Å². The molecule has 0 fully saturated rings. The fourth-order valence-corrected chi connectivity index (χ4v) is 1.84. The van der Waals surface area contributed by atoms with Crippen molar-refractivity contribution in [1.29, 1.82) is 0 Å². The zero-order valence-electron chi connectivity index (χ0n) is 13.9. The van der Waals surface area contributed by atoms with Crippen molar-refractivity contribution in [3.05, 3.63) is 35.5 Å². The summed E-state index contributed by atoms with van der Waals surface area (Å²) in [7, 11) is 0. The lowest BCUT2D eigenvalue weighted by molar-refractivity contribution is -0.141. The van der Waals surface area contributed by atoms with E-state index < -0.39 is 0 Å². The molecule has 3 heteroatoms. The average Bonchev–Trinajstić information content (AvgIpc) is 2.44. The van der Waals surface area contributed by atoms with Crippen molar-refractivity contribution in [1.82, 2.24) is 0 Å². The molecular weight excluding hydrogens is 284 g/mol. The number of carbonyl (C=O) groups is 1. The molecule has 0 aromatic carbocycles. The minimum absolute atomic E-state index is 0.0724. The molecule has 0 aliphatic heterocycles. The van der Waals surface area contributed by atoms with Crippen molar-refractivity contribution in [2.75, 3.05) is 6.61 Å². The Morgan fingerprint density at radius 2 is 1.81 bits per heavy atom. The second kappa shape index (κ2) is 11.6. The van der Waals surface area contributed by atoms with Crippen LogP contribution in [0.4, 0.5) is 0 Å². The number of allylic oxidation sites excluding steroid dienone is 4.